The Kier molecular flexibility index (Phi) is 4.31. The van der Waals surface area contributed by atoms with Crippen LogP contribution in [0.3, 0.4) is 0 Å². The lowest BCUT2D eigenvalue weighted by molar-refractivity contribution is 0.102. The summed E-state index contributed by atoms with van der Waals surface area (Å²) in [5.41, 5.74) is 1.19. The van der Waals surface area contributed by atoms with Gasteiger partial charge in [-0.15, -0.1) is 0 Å². The van der Waals surface area contributed by atoms with E-state index < -0.39 is 0 Å². The number of benzene rings is 1. The average Bonchev–Trinajstić information content (AvgIpc) is 2.40. The molecule has 0 aliphatic carbocycles. The Morgan fingerprint density at radius 3 is 2.26 bits per heavy atom. The summed E-state index contributed by atoms with van der Waals surface area (Å²) < 4.78 is 1.09. The Balaban J connectivity index is 2.08. The Morgan fingerprint density at radius 2 is 1.74 bits per heavy atom. The molecule has 0 aliphatic heterocycles. The molecule has 6 heteroatoms. The molecule has 1 aromatic heterocycles. The molecule has 98 valence electrons. The number of carbonyl (C=O) groups excluding carboxylic acids is 1. The highest BCUT2D eigenvalue weighted by molar-refractivity contribution is 14.1. The summed E-state index contributed by atoms with van der Waals surface area (Å²) in [6.07, 6.45) is 3.18. The maximum atomic E-state index is 12.0. The Morgan fingerprint density at radius 1 is 1.16 bits per heavy atom. The Labute approximate surface area is 125 Å². The molecule has 0 radical (unpaired) electrons. The van der Waals surface area contributed by atoms with Crippen molar-refractivity contribution in [1.82, 2.24) is 9.97 Å². The number of anilines is 2. The summed E-state index contributed by atoms with van der Waals surface area (Å²) in [5, 5.41) is 2.76. The highest BCUT2D eigenvalue weighted by Crippen LogP contribution is 2.11. The van der Waals surface area contributed by atoms with Crippen LogP contribution in [0, 0.1) is 3.57 Å². The molecule has 0 saturated heterocycles. The fraction of sp³-hybridized carbons (Fsp3) is 0.154. The number of hydrogen-bond acceptors (Lipinski definition) is 4. The van der Waals surface area contributed by atoms with E-state index in [1.807, 2.05) is 26.2 Å². The van der Waals surface area contributed by atoms with Gasteiger partial charge in [-0.2, -0.15) is 0 Å². The summed E-state index contributed by atoms with van der Waals surface area (Å²) in [6, 6.07) is 7.35. The van der Waals surface area contributed by atoms with E-state index in [0.717, 1.165) is 3.57 Å². The van der Waals surface area contributed by atoms with E-state index in [1.165, 1.54) is 0 Å². The van der Waals surface area contributed by atoms with Gasteiger partial charge >= 0.3 is 0 Å². The van der Waals surface area contributed by atoms with Crippen LogP contribution < -0.4 is 10.2 Å². The van der Waals surface area contributed by atoms with Crippen molar-refractivity contribution in [2.75, 3.05) is 24.3 Å². The number of carbonyl (C=O) groups is 1. The molecule has 1 aromatic carbocycles. The molecule has 1 N–H and O–H groups in total. The minimum atomic E-state index is -0.169. The third-order valence-corrected chi connectivity index (χ3v) is 3.12. The third kappa shape index (κ3) is 3.63. The second-order valence-electron chi connectivity index (χ2n) is 4.13. The van der Waals surface area contributed by atoms with Crippen LogP contribution in [-0.2, 0) is 0 Å². The van der Waals surface area contributed by atoms with E-state index in [0.29, 0.717) is 17.2 Å². The van der Waals surface area contributed by atoms with Crippen LogP contribution in [0.5, 0.6) is 0 Å². The summed E-state index contributed by atoms with van der Waals surface area (Å²) in [5.74, 6) is 0.435. The standard InChI is InChI=1S/C13H13IN4O/c1-18(2)13-15-7-11(8-16-13)17-12(19)9-3-5-10(14)6-4-9/h3-8H,1-2H3,(H,17,19). The average molecular weight is 368 g/mol. The highest BCUT2D eigenvalue weighted by Gasteiger charge is 2.06. The van der Waals surface area contributed by atoms with Gasteiger partial charge in [0.05, 0.1) is 18.1 Å². The van der Waals surface area contributed by atoms with Crippen molar-refractivity contribution in [3.05, 3.63) is 45.8 Å². The normalized spacial score (nSPS) is 10.1. The van der Waals surface area contributed by atoms with Crippen LogP contribution >= 0.6 is 22.6 Å². The Bertz CT molecular complexity index is 566. The summed E-state index contributed by atoms with van der Waals surface area (Å²) in [7, 11) is 3.72. The van der Waals surface area contributed by atoms with Crippen molar-refractivity contribution in [2.24, 2.45) is 0 Å². The van der Waals surface area contributed by atoms with Crippen molar-refractivity contribution in [1.29, 1.82) is 0 Å². The zero-order valence-corrected chi connectivity index (χ0v) is 12.7. The second-order valence-corrected chi connectivity index (χ2v) is 5.37. The van der Waals surface area contributed by atoms with Gasteiger partial charge in [-0.1, -0.05) is 0 Å². The quantitative estimate of drug-likeness (QED) is 0.846. The minimum Gasteiger partial charge on any atom is -0.347 e. The van der Waals surface area contributed by atoms with E-state index in [9.17, 15) is 4.79 Å². The first-order valence-corrected chi connectivity index (χ1v) is 6.70. The van der Waals surface area contributed by atoms with Gasteiger partial charge in [0, 0.05) is 23.2 Å². The molecule has 1 amide bonds. The number of amides is 1. The topological polar surface area (TPSA) is 58.1 Å². The molecule has 0 atom stereocenters. The molecule has 0 fully saturated rings. The SMILES string of the molecule is CN(C)c1ncc(NC(=O)c2ccc(I)cc2)cn1. The predicted molar refractivity (Wildman–Crippen MR) is 83.5 cm³/mol. The number of nitrogens with zero attached hydrogens (tertiary/aromatic N) is 3. The number of rotatable bonds is 3. The fourth-order valence-corrected chi connectivity index (χ4v) is 1.78. The molecule has 0 spiro atoms. The van der Waals surface area contributed by atoms with Gasteiger partial charge in [-0.3, -0.25) is 4.79 Å². The molecule has 2 rings (SSSR count). The van der Waals surface area contributed by atoms with Gasteiger partial charge in [0.2, 0.25) is 5.95 Å². The lowest BCUT2D eigenvalue weighted by Crippen LogP contribution is -2.15. The van der Waals surface area contributed by atoms with Crippen LogP contribution in [0.2, 0.25) is 0 Å². The summed E-state index contributed by atoms with van der Waals surface area (Å²) in [6.45, 7) is 0. The van der Waals surface area contributed by atoms with E-state index >= 15 is 0 Å². The zero-order chi connectivity index (χ0) is 13.8. The molecular weight excluding hydrogens is 355 g/mol. The molecule has 2 aromatic rings. The van der Waals surface area contributed by atoms with Crippen molar-refractivity contribution in [3.8, 4) is 0 Å². The molecular formula is C13H13IN4O. The molecule has 19 heavy (non-hydrogen) atoms. The first-order chi connectivity index (χ1) is 9.06. The highest BCUT2D eigenvalue weighted by atomic mass is 127. The minimum absolute atomic E-state index is 0.169. The molecule has 0 saturated carbocycles. The zero-order valence-electron chi connectivity index (χ0n) is 10.6. The van der Waals surface area contributed by atoms with Crippen LogP contribution in [-0.4, -0.2) is 30.0 Å². The Hall–Kier alpha value is -1.70. The molecule has 0 unspecified atom stereocenters. The van der Waals surface area contributed by atoms with E-state index in [4.69, 9.17) is 0 Å². The van der Waals surface area contributed by atoms with Gasteiger partial charge in [0.25, 0.3) is 5.91 Å². The smallest absolute Gasteiger partial charge is 0.255 e. The summed E-state index contributed by atoms with van der Waals surface area (Å²) in [4.78, 5) is 22.0. The number of hydrogen-bond donors (Lipinski definition) is 1. The van der Waals surface area contributed by atoms with Gasteiger partial charge in [-0.25, -0.2) is 9.97 Å². The van der Waals surface area contributed by atoms with Crippen LogP contribution in [0.1, 0.15) is 10.4 Å². The van der Waals surface area contributed by atoms with Gasteiger partial charge in [0.15, 0.2) is 0 Å². The van der Waals surface area contributed by atoms with Gasteiger partial charge < -0.3 is 10.2 Å². The second kappa shape index (κ2) is 5.96. The van der Waals surface area contributed by atoms with Crippen molar-refractivity contribution in [2.45, 2.75) is 0 Å². The lowest BCUT2D eigenvalue weighted by Gasteiger charge is -2.10. The monoisotopic (exact) mass is 368 g/mol. The number of aromatic nitrogens is 2. The first kappa shape index (κ1) is 13.7. The number of nitrogens with one attached hydrogen (secondary N) is 1. The van der Waals surface area contributed by atoms with Crippen molar-refractivity contribution in [3.63, 3.8) is 0 Å². The number of halogens is 1. The molecule has 1 heterocycles. The van der Waals surface area contributed by atoms with E-state index in [1.54, 1.807) is 29.4 Å². The predicted octanol–water partition coefficient (Wildman–Crippen LogP) is 2.40. The maximum Gasteiger partial charge on any atom is 0.255 e. The van der Waals surface area contributed by atoms with Gasteiger partial charge in [-0.05, 0) is 46.9 Å². The van der Waals surface area contributed by atoms with Crippen molar-refractivity contribution < 1.29 is 4.79 Å². The van der Waals surface area contributed by atoms with Gasteiger partial charge in [0.1, 0.15) is 0 Å². The van der Waals surface area contributed by atoms with Crippen molar-refractivity contribution >= 4 is 40.1 Å². The van der Waals surface area contributed by atoms with E-state index in [-0.39, 0.29) is 5.91 Å². The van der Waals surface area contributed by atoms with Crippen LogP contribution in [0.25, 0.3) is 0 Å². The van der Waals surface area contributed by atoms with Crippen LogP contribution in [0.15, 0.2) is 36.7 Å². The first-order valence-electron chi connectivity index (χ1n) is 5.62. The molecule has 5 nitrogen and oxygen atoms in total. The van der Waals surface area contributed by atoms with E-state index in [2.05, 4.69) is 37.9 Å². The largest absolute Gasteiger partial charge is 0.347 e. The summed E-state index contributed by atoms with van der Waals surface area (Å²) >= 11 is 2.20. The van der Waals surface area contributed by atoms with Crippen LogP contribution in [0.4, 0.5) is 11.6 Å². The fourth-order valence-electron chi connectivity index (χ4n) is 1.42. The maximum absolute atomic E-state index is 12.0. The lowest BCUT2D eigenvalue weighted by atomic mass is 10.2. The molecule has 0 bridgehead atoms. The third-order valence-electron chi connectivity index (χ3n) is 2.40. The molecule has 0 aliphatic rings.